The number of ether oxygens (including phenoxy) is 1. The van der Waals surface area contributed by atoms with Gasteiger partial charge in [-0.25, -0.2) is 0 Å². The van der Waals surface area contributed by atoms with Crippen LogP contribution in [0.2, 0.25) is 0 Å². The number of rotatable bonds is 6. The van der Waals surface area contributed by atoms with Crippen molar-refractivity contribution in [2.45, 2.75) is 19.2 Å². The Kier molecular flexibility index (Phi) is 5.51. The molecule has 0 aliphatic rings. The number of carbonyl (C=O) groups excluding carboxylic acids is 1. The molecule has 0 spiro atoms. The molecule has 0 saturated heterocycles. The van der Waals surface area contributed by atoms with E-state index in [9.17, 15) is 13.6 Å². The third kappa shape index (κ3) is 5.37. The van der Waals surface area contributed by atoms with E-state index in [0.717, 1.165) is 5.56 Å². The van der Waals surface area contributed by atoms with Crippen molar-refractivity contribution >= 4 is 5.91 Å². The summed E-state index contributed by atoms with van der Waals surface area (Å²) in [5.41, 5.74) is 6.26. The second-order valence-corrected chi connectivity index (χ2v) is 3.40. The lowest BCUT2D eigenvalue weighted by Gasteiger charge is -2.12. The number of alkyl halides is 2. The molecule has 1 rings (SSSR count). The molecular weight excluding hydrogens is 230 g/mol. The number of halogens is 2. The molecule has 17 heavy (non-hydrogen) atoms. The molecule has 0 aliphatic heterocycles. The number of hydrogen-bond acceptors (Lipinski definition) is 3. The first-order valence-electron chi connectivity index (χ1n) is 5.06. The zero-order valence-corrected chi connectivity index (χ0v) is 9.11. The Morgan fingerprint density at radius 3 is 2.59 bits per heavy atom. The number of nitrogens with one attached hydrogen (secondary N) is 1. The molecular formula is C11H14F2N2O2. The van der Waals surface area contributed by atoms with Gasteiger partial charge in [-0.2, -0.15) is 8.78 Å². The van der Waals surface area contributed by atoms with Gasteiger partial charge in [0.1, 0.15) is 6.04 Å². The van der Waals surface area contributed by atoms with Gasteiger partial charge in [0.25, 0.3) is 0 Å². The molecule has 6 heteroatoms. The molecule has 0 bridgehead atoms. The fourth-order valence-corrected chi connectivity index (χ4v) is 1.17. The van der Waals surface area contributed by atoms with E-state index in [4.69, 9.17) is 5.73 Å². The van der Waals surface area contributed by atoms with E-state index in [1.54, 1.807) is 0 Å². The van der Waals surface area contributed by atoms with Gasteiger partial charge in [-0.1, -0.05) is 30.3 Å². The normalized spacial score (nSPS) is 12.5. The standard InChI is InChI=1S/C11H14F2N2O2/c12-11(13)17-7-9(14)10(16)15-6-8-4-2-1-3-5-8/h1-5,9,11H,6-7,14H2,(H,15,16). The lowest BCUT2D eigenvalue weighted by atomic mass is 10.2. The van der Waals surface area contributed by atoms with Gasteiger partial charge in [0.2, 0.25) is 5.91 Å². The summed E-state index contributed by atoms with van der Waals surface area (Å²) in [5, 5.41) is 2.53. The van der Waals surface area contributed by atoms with Crippen LogP contribution in [-0.4, -0.2) is 25.2 Å². The van der Waals surface area contributed by atoms with Crippen molar-refractivity contribution in [1.82, 2.24) is 5.32 Å². The molecule has 0 heterocycles. The van der Waals surface area contributed by atoms with E-state index < -0.39 is 25.2 Å². The fourth-order valence-electron chi connectivity index (χ4n) is 1.17. The Labute approximate surface area is 97.8 Å². The number of nitrogens with two attached hydrogens (primary N) is 1. The molecule has 94 valence electrons. The predicted octanol–water partition coefficient (Wildman–Crippen LogP) is 0.869. The van der Waals surface area contributed by atoms with Crippen molar-refractivity contribution in [2.75, 3.05) is 6.61 Å². The summed E-state index contributed by atoms with van der Waals surface area (Å²) in [6, 6.07) is 8.10. The van der Waals surface area contributed by atoms with Gasteiger partial charge in [-0.15, -0.1) is 0 Å². The molecule has 1 aromatic carbocycles. The van der Waals surface area contributed by atoms with Gasteiger partial charge < -0.3 is 15.8 Å². The van der Waals surface area contributed by atoms with Crippen molar-refractivity contribution in [1.29, 1.82) is 0 Å². The molecule has 1 aromatic rings. The summed E-state index contributed by atoms with van der Waals surface area (Å²) in [5.74, 6) is -0.519. The van der Waals surface area contributed by atoms with Crippen LogP contribution in [0.3, 0.4) is 0 Å². The van der Waals surface area contributed by atoms with Crippen LogP contribution >= 0.6 is 0 Å². The van der Waals surface area contributed by atoms with Crippen LogP contribution in [-0.2, 0) is 16.1 Å². The van der Waals surface area contributed by atoms with Gasteiger partial charge in [-0.05, 0) is 5.56 Å². The van der Waals surface area contributed by atoms with E-state index in [-0.39, 0.29) is 0 Å². The Morgan fingerprint density at radius 1 is 1.35 bits per heavy atom. The van der Waals surface area contributed by atoms with Crippen molar-refractivity contribution in [3.63, 3.8) is 0 Å². The number of carbonyl (C=O) groups is 1. The lowest BCUT2D eigenvalue weighted by Crippen LogP contribution is -2.43. The average Bonchev–Trinajstić information content (AvgIpc) is 2.34. The minimum absolute atomic E-state index is 0.308. The number of hydrogen-bond donors (Lipinski definition) is 2. The van der Waals surface area contributed by atoms with Crippen LogP contribution < -0.4 is 11.1 Å². The number of benzene rings is 1. The highest BCUT2D eigenvalue weighted by Crippen LogP contribution is 1.98. The van der Waals surface area contributed by atoms with Crippen LogP contribution in [0.1, 0.15) is 5.56 Å². The highest BCUT2D eigenvalue weighted by molar-refractivity contribution is 5.81. The van der Waals surface area contributed by atoms with Gasteiger partial charge in [0, 0.05) is 6.54 Å². The van der Waals surface area contributed by atoms with Crippen LogP contribution in [0.25, 0.3) is 0 Å². The second-order valence-electron chi connectivity index (χ2n) is 3.40. The Hall–Kier alpha value is -1.53. The first kappa shape index (κ1) is 13.5. The third-order valence-corrected chi connectivity index (χ3v) is 2.05. The summed E-state index contributed by atoms with van der Waals surface area (Å²) in [6.45, 7) is -3.11. The molecule has 0 radical (unpaired) electrons. The Balaban J connectivity index is 2.29. The molecule has 4 nitrogen and oxygen atoms in total. The van der Waals surface area contributed by atoms with E-state index in [1.807, 2.05) is 30.3 Å². The summed E-state index contributed by atoms with van der Waals surface area (Å²) in [7, 11) is 0. The monoisotopic (exact) mass is 244 g/mol. The van der Waals surface area contributed by atoms with Gasteiger partial charge in [0.15, 0.2) is 0 Å². The zero-order valence-electron chi connectivity index (χ0n) is 9.11. The van der Waals surface area contributed by atoms with Crippen molar-refractivity contribution in [2.24, 2.45) is 5.73 Å². The Morgan fingerprint density at radius 2 is 2.00 bits per heavy atom. The van der Waals surface area contributed by atoms with Crippen LogP contribution in [0, 0.1) is 0 Å². The summed E-state index contributed by atoms with van der Waals surface area (Å²) in [4.78, 5) is 11.4. The van der Waals surface area contributed by atoms with Gasteiger partial charge in [0.05, 0.1) is 6.61 Å². The largest absolute Gasteiger partial charge is 0.351 e. The zero-order chi connectivity index (χ0) is 12.7. The van der Waals surface area contributed by atoms with Crippen molar-refractivity contribution in [3.05, 3.63) is 35.9 Å². The molecule has 0 fully saturated rings. The maximum Gasteiger partial charge on any atom is 0.345 e. The Bertz CT molecular complexity index is 347. The first-order valence-corrected chi connectivity index (χ1v) is 5.06. The van der Waals surface area contributed by atoms with Gasteiger partial charge in [-0.3, -0.25) is 4.79 Å². The van der Waals surface area contributed by atoms with Crippen LogP contribution in [0.5, 0.6) is 0 Å². The average molecular weight is 244 g/mol. The third-order valence-electron chi connectivity index (χ3n) is 2.05. The number of amides is 1. The first-order chi connectivity index (χ1) is 8.09. The fraction of sp³-hybridized carbons (Fsp3) is 0.364. The summed E-state index contributed by atoms with van der Waals surface area (Å²) >= 11 is 0. The smallest absolute Gasteiger partial charge is 0.345 e. The van der Waals surface area contributed by atoms with E-state index in [2.05, 4.69) is 10.1 Å². The summed E-state index contributed by atoms with van der Waals surface area (Å²) < 4.78 is 27.4. The molecule has 0 saturated carbocycles. The molecule has 1 atom stereocenters. The second kappa shape index (κ2) is 6.93. The van der Waals surface area contributed by atoms with E-state index >= 15 is 0 Å². The quantitative estimate of drug-likeness (QED) is 0.780. The van der Waals surface area contributed by atoms with Crippen molar-refractivity contribution in [3.8, 4) is 0 Å². The van der Waals surface area contributed by atoms with Crippen molar-refractivity contribution < 1.29 is 18.3 Å². The topological polar surface area (TPSA) is 64.3 Å². The lowest BCUT2D eigenvalue weighted by molar-refractivity contribution is -0.141. The maximum atomic E-state index is 11.7. The van der Waals surface area contributed by atoms with Crippen LogP contribution in [0.4, 0.5) is 8.78 Å². The molecule has 0 aromatic heterocycles. The SMILES string of the molecule is NC(COC(F)F)C(=O)NCc1ccccc1. The molecule has 1 unspecified atom stereocenters. The highest BCUT2D eigenvalue weighted by Gasteiger charge is 2.15. The molecule has 1 amide bonds. The minimum atomic E-state index is -2.91. The van der Waals surface area contributed by atoms with E-state index in [1.165, 1.54) is 0 Å². The summed E-state index contributed by atoms with van der Waals surface area (Å²) in [6.07, 6.45) is 0. The van der Waals surface area contributed by atoms with Gasteiger partial charge >= 0.3 is 6.61 Å². The van der Waals surface area contributed by atoms with Crippen LogP contribution in [0.15, 0.2) is 30.3 Å². The maximum absolute atomic E-state index is 11.7. The van der Waals surface area contributed by atoms with E-state index in [0.29, 0.717) is 6.54 Å². The predicted molar refractivity (Wildman–Crippen MR) is 58.2 cm³/mol. The molecule has 0 aliphatic carbocycles. The minimum Gasteiger partial charge on any atom is -0.351 e. The molecule has 3 N–H and O–H groups in total. The highest BCUT2D eigenvalue weighted by atomic mass is 19.3.